The average Bonchev–Trinajstić information content (AvgIpc) is 2.75. The van der Waals surface area contributed by atoms with E-state index in [1.165, 1.54) is 55.5 Å². The zero-order valence-electron chi connectivity index (χ0n) is 20.6. The van der Waals surface area contributed by atoms with Gasteiger partial charge in [0.1, 0.15) is 0 Å². The van der Waals surface area contributed by atoms with Crippen molar-refractivity contribution in [2.45, 2.75) is 62.3 Å². The molecule has 0 fully saturated rings. The molecule has 0 nitrogen and oxygen atoms in total. The van der Waals surface area contributed by atoms with E-state index in [0.717, 1.165) is 0 Å². The van der Waals surface area contributed by atoms with Crippen molar-refractivity contribution in [2.75, 3.05) is 55.5 Å². The van der Waals surface area contributed by atoms with Crippen LogP contribution in [0.3, 0.4) is 0 Å². The first-order valence-electron chi connectivity index (χ1n) is 11.5. The molecule has 0 saturated heterocycles. The first-order chi connectivity index (χ1) is 13.0. The molecule has 0 aliphatic rings. The largest absolute Gasteiger partial charge is 0.184 e. The molecule has 4 heteroatoms. The summed E-state index contributed by atoms with van der Waals surface area (Å²) in [5.41, 5.74) is 0. The molecule has 0 aliphatic carbocycles. The minimum absolute atomic E-state index is 0. The number of rotatable bonds is 9. The van der Waals surface area contributed by atoms with E-state index in [0.29, 0.717) is 0 Å². The Morgan fingerprint density at radius 2 is 0.643 bits per heavy atom. The molecule has 0 spiro atoms. The minimum Gasteiger partial charge on any atom is -0.184 e. The van der Waals surface area contributed by atoms with Gasteiger partial charge in [-0.15, -0.1) is 0 Å². The van der Waals surface area contributed by atoms with Gasteiger partial charge in [-0.05, 0) is 86.1 Å². The third kappa shape index (κ3) is 29.3. The summed E-state index contributed by atoms with van der Waals surface area (Å²) >= 11 is 0. The van der Waals surface area contributed by atoms with Crippen molar-refractivity contribution in [3.8, 4) is 0 Å². The summed E-state index contributed by atoms with van der Waals surface area (Å²) in [6, 6.07) is 12.5. The zero-order chi connectivity index (χ0) is 21.3. The van der Waals surface area contributed by atoms with Crippen molar-refractivity contribution in [3.63, 3.8) is 0 Å². The summed E-state index contributed by atoms with van der Waals surface area (Å²) in [7, 11) is 0.412. The van der Waals surface area contributed by atoms with E-state index in [4.69, 9.17) is 0 Å². The van der Waals surface area contributed by atoms with Crippen LogP contribution in [0.5, 0.6) is 0 Å². The van der Waals surface area contributed by atoms with Crippen LogP contribution in [0.4, 0.5) is 0 Å². The summed E-state index contributed by atoms with van der Waals surface area (Å²) in [6.07, 6.45) is 13.1. The molecule has 0 aliphatic heterocycles. The molecule has 28 heavy (non-hydrogen) atoms. The van der Waals surface area contributed by atoms with Crippen LogP contribution in [0.1, 0.15) is 62.3 Å². The summed E-state index contributed by atoms with van der Waals surface area (Å²) in [6.45, 7) is 20.8. The second-order valence-corrected chi connectivity index (χ2v) is 17.4. The third-order valence-electron chi connectivity index (χ3n) is 5.11. The van der Waals surface area contributed by atoms with Crippen LogP contribution in [0.2, 0.25) is 0 Å². The number of benzene rings is 1. The molecule has 0 atom stereocenters. The van der Waals surface area contributed by atoms with E-state index in [1.54, 1.807) is 0 Å². The Hall–Kier alpha value is 1.13. The van der Waals surface area contributed by atoms with Crippen LogP contribution < -0.4 is 0 Å². The monoisotopic (exact) mass is 537 g/mol. The normalized spacial score (nSPS) is 9.43. The molecule has 0 unspecified atom stereocenters. The quantitative estimate of drug-likeness (QED) is 0.169. The summed E-state index contributed by atoms with van der Waals surface area (Å²) < 4.78 is 0. The smallest absolute Gasteiger partial charge is 0.0543 e. The third-order valence-corrected chi connectivity index (χ3v) is 14.1. The van der Waals surface area contributed by atoms with Crippen LogP contribution in [0.25, 0.3) is 0 Å². The van der Waals surface area contributed by atoms with Gasteiger partial charge in [0.15, 0.2) is 0 Å². The topological polar surface area (TPSA) is 0 Å². The van der Waals surface area contributed by atoms with Crippen LogP contribution in [-0.4, -0.2) is 55.5 Å². The van der Waals surface area contributed by atoms with Crippen molar-refractivity contribution in [3.05, 3.63) is 36.4 Å². The molecule has 1 aromatic carbocycles. The van der Waals surface area contributed by atoms with Gasteiger partial charge in [0.2, 0.25) is 0 Å². The van der Waals surface area contributed by atoms with E-state index >= 15 is 0 Å². The predicted molar refractivity (Wildman–Crippen MR) is 145 cm³/mol. The van der Waals surface area contributed by atoms with Gasteiger partial charge in [0, 0.05) is 19.5 Å². The van der Waals surface area contributed by atoms with Crippen molar-refractivity contribution in [1.82, 2.24) is 0 Å². The Balaban J connectivity index is -0.000000136. The number of hydrogen-bond donors (Lipinski definition) is 0. The van der Waals surface area contributed by atoms with Crippen molar-refractivity contribution >= 4 is 23.8 Å². The summed E-state index contributed by atoms with van der Waals surface area (Å²) in [4.78, 5) is 0. The maximum atomic E-state index is 2.89. The summed E-state index contributed by atoms with van der Waals surface area (Å²) in [5, 5.41) is 0. The molecule has 0 bridgehead atoms. The Morgan fingerprint density at radius 3 is 0.679 bits per heavy atom. The average molecular weight is 538 g/mol. The fraction of sp³-hybridized carbons (Fsp3) is 0.750. The fourth-order valence-corrected chi connectivity index (χ4v) is 7.09. The molecule has 0 aromatic heterocycles. The molecule has 0 N–H and O–H groups in total. The second-order valence-electron chi connectivity index (χ2n) is 6.51. The van der Waals surface area contributed by atoms with Gasteiger partial charge in [-0.25, -0.2) is 0 Å². The van der Waals surface area contributed by atoms with Crippen molar-refractivity contribution in [2.24, 2.45) is 0 Å². The Kier molecular flexibility index (Phi) is 42.7. The van der Waals surface area contributed by atoms with Gasteiger partial charge in [0.05, 0.1) is 55.5 Å². The summed E-state index contributed by atoms with van der Waals surface area (Å²) in [5.74, 6) is 0. The SMILES string of the molecule is CC[PH+](CC)CC.CC[PH+](CC)CC.CC[PH+](CC)CC.[Rh].[c-]1ccccc1. The predicted octanol–water partition coefficient (Wildman–Crippen LogP) is 8.27. The van der Waals surface area contributed by atoms with E-state index in [2.05, 4.69) is 68.4 Å². The van der Waals surface area contributed by atoms with Gasteiger partial charge in [-0.2, -0.15) is 36.4 Å². The molecular formula is C24H53P3Rh+2. The van der Waals surface area contributed by atoms with Crippen LogP contribution in [0, 0.1) is 6.07 Å². The molecule has 1 rings (SSSR count). The zero-order valence-corrected chi connectivity index (χ0v) is 25.2. The first kappa shape index (κ1) is 36.5. The Morgan fingerprint density at radius 1 is 0.429 bits per heavy atom. The van der Waals surface area contributed by atoms with Gasteiger partial charge < -0.3 is 0 Å². The van der Waals surface area contributed by atoms with Gasteiger partial charge in [0.25, 0.3) is 0 Å². The molecular weight excluding hydrogens is 484 g/mol. The van der Waals surface area contributed by atoms with E-state index < -0.39 is 0 Å². The molecule has 171 valence electrons. The molecule has 1 aromatic rings. The Bertz CT molecular complexity index is 252. The van der Waals surface area contributed by atoms with Crippen LogP contribution >= 0.6 is 23.8 Å². The standard InChI is InChI=1S/3C6H15P.C6H5.Rh/c3*1-4-7(5-2)6-3;1-2-4-6-5-3-1;/h3*4-6H2,1-3H3;1-5H;/q;;;-1;/p+3. The van der Waals surface area contributed by atoms with E-state index in [1.807, 2.05) is 30.3 Å². The first-order valence-corrected chi connectivity index (χ1v) is 17.8. The van der Waals surface area contributed by atoms with Crippen LogP contribution in [0.15, 0.2) is 30.3 Å². The van der Waals surface area contributed by atoms with Gasteiger partial charge >= 0.3 is 0 Å². The Labute approximate surface area is 196 Å². The molecule has 1 radical (unpaired) electrons. The van der Waals surface area contributed by atoms with E-state index in [9.17, 15) is 0 Å². The second kappa shape index (κ2) is 32.8. The fourth-order valence-electron chi connectivity index (χ4n) is 2.59. The van der Waals surface area contributed by atoms with Crippen molar-refractivity contribution in [1.29, 1.82) is 0 Å². The van der Waals surface area contributed by atoms with Gasteiger partial charge in [-0.3, -0.25) is 0 Å². The van der Waals surface area contributed by atoms with Gasteiger partial charge in [-0.1, -0.05) is 0 Å². The molecule has 0 amide bonds. The molecule has 0 saturated carbocycles. The van der Waals surface area contributed by atoms with Crippen LogP contribution in [-0.2, 0) is 19.5 Å². The molecule has 0 heterocycles. The van der Waals surface area contributed by atoms with Crippen molar-refractivity contribution < 1.29 is 19.5 Å². The maximum Gasteiger partial charge on any atom is 0.0543 e. The maximum absolute atomic E-state index is 2.89. The van der Waals surface area contributed by atoms with E-state index in [-0.39, 0.29) is 43.2 Å². The number of hydrogen-bond acceptors (Lipinski definition) is 0. The minimum atomic E-state index is 0.